The van der Waals surface area contributed by atoms with Crippen LogP contribution < -0.4 is 9.80 Å². The van der Waals surface area contributed by atoms with Crippen LogP contribution >= 0.6 is 0 Å². The fourth-order valence-corrected chi connectivity index (χ4v) is 4.78. The fraction of sp³-hybridized carbons (Fsp3) is 0.267. The minimum absolute atomic E-state index is 0.640. The molecule has 38 heavy (non-hydrogen) atoms. The van der Waals surface area contributed by atoms with Crippen LogP contribution in [0.25, 0.3) is 22.5 Å². The molecule has 0 unspecified atom stereocenters. The molecule has 6 rings (SSSR count). The summed E-state index contributed by atoms with van der Waals surface area (Å²) in [6.45, 7) is 6.16. The minimum atomic E-state index is 0.640. The standard InChI is InChI=1S/2C15H16N2O2/c2*18-11-14-15(17-6-8-19-9-7-17)10-13(16-14)12-4-2-1-3-5-12/h2*1-5,10-11,16H,6-9H2. The molecule has 2 aliphatic heterocycles. The third-order valence-electron chi connectivity index (χ3n) is 6.76. The summed E-state index contributed by atoms with van der Waals surface area (Å²) in [4.78, 5) is 33.2. The number of H-pyrrole nitrogens is 2. The predicted molar refractivity (Wildman–Crippen MR) is 149 cm³/mol. The first-order valence-corrected chi connectivity index (χ1v) is 12.9. The maximum absolute atomic E-state index is 11.2. The number of aromatic amines is 2. The molecule has 0 bridgehead atoms. The van der Waals surface area contributed by atoms with Crippen molar-refractivity contribution in [1.82, 2.24) is 9.97 Å². The summed E-state index contributed by atoms with van der Waals surface area (Å²) in [5.41, 5.74) is 7.35. The van der Waals surface area contributed by atoms with Crippen molar-refractivity contribution in [2.75, 3.05) is 62.4 Å². The molecule has 2 aromatic heterocycles. The number of carbonyl (C=O) groups is 2. The predicted octanol–water partition coefficient (Wildman–Crippen LogP) is 4.66. The molecule has 4 heterocycles. The van der Waals surface area contributed by atoms with Gasteiger partial charge in [-0.25, -0.2) is 0 Å². The van der Waals surface area contributed by atoms with Crippen LogP contribution in [0.2, 0.25) is 0 Å². The van der Waals surface area contributed by atoms with Gasteiger partial charge in [0, 0.05) is 37.6 Å². The molecule has 4 aromatic rings. The SMILES string of the molecule is O=Cc1[nH]c(-c2ccccc2)cc1N1CCOCC1.O=Cc1[nH]c(-c2ccccc2)cc1N1CCOCC1. The molecule has 0 spiro atoms. The highest BCUT2D eigenvalue weighted by molar-refractivity contribution is 5.87. The van der Waals surface area contributed by atoms with Crippen molar-refractivity contribution >= 4 is 23.9 Å². The highest BCUT2D eigenvalue weighted by Crippen LogP contribution is 2.29. The maximum atomic E-state index is 11.2. The van der Waals surface area contributed by atoms with E-state index >= 15 is 0 Å². The third-order valence-corrected chi connectivity index (χ3v) is 6.76. The molecule has 2 N–H and O–H groups in total. The Kier molecular flexibility index (Phi) is 8.32. The van der Waals surface area contributed by atoms with Gasteiger partial charge in [0.25, 0.3) is 0 Å². The number of rotatable bonds is 6. The van der Waals surface area contributed by atoms with Crippen molar-refractivity contribution in [3.63, 3.8) is 0 Å². The van der Waals surface area contributed by atoms with E-state index in [9.17, 15) is 9.59 Å². The molecule has 0 amide bonds. The second-order valence-electron chi connectivity index (χ2n) is 9.13. The average molecular weight is 513 g/mol. The third kappa shape index (κ3) is 5.88. The van der Waals surface area contributed by atoms with E-state index in [1.54, 1.807) is 0 Å². The van der Waals surface area contributed by atoms with Gasteiger partial charge in [-0.1, -0.05) is 60.7 Å². The van der Waals surface area contributed by atoms with Crippen molar-refractivity contribution in [2.24, 2.45) is 0 Å². The quantitative estimate of drug-likeness (QED) is 0.365. The summed E-state index contributed by atoms with van der Waals surface area (Å²) >= 11 is 0. The molecule has 0 aliphatic carbocycles. The van der Waals surface area contributed by atoms with Gasteiger partial charge in [0.15, 0.2) is 12.6 Å². The summed E-state index contributed by atoms with van der Waals surface area (Å²) < 4.78 is 10.7. The summed E-state index contributed by atoms with van der Waals surface area (Å²) in [6, 6.07) is 24.1. The van der Waals surface area contributed by atoms with Crippen LogP contribution in [0.4, 0.5) is 11.4 Å². The Hall–Kier alpha value is -4.14. The maximum Gasteiger partial charge on any atom is 0.168 e. The van der Waals surface area contributed by atoms with E-state index in [1.807, 2.05) is 72.8 Å². The Balaban J connectivity index is 0.000000155. The summed E-state index contributed by atoms with van der Waals surface area (Å²) in [6.07, 6.45) is 1.77. The van der Waals surface area contributed by atoms with Gasteiger partial charge in [0.05, 0.1) is 37.8 Å². The lowest BCUT2D eigenvalue weighted by Gasteiger charge is -2.28. The Labute approximate surface area is 222 Å². The summed E-state index contributed by atoms with van der Waals surface area (Å²) in [7, 11) is 0. The van der Waals surface area contributed by atoms with E-state index in [1.165, 1.54) is 0 Å². The largest absolute Gasteiger partial charge is 0.378 e. The van der Waals surface area contributed by atoms with Crippen molar-refractivity contribution in [1.29, 1.82) is 0 Å². The Morgan fingerprint density at radius 2 is 0.947 bits per heavy atom. The highest BCUT2D eigenvalue weighted by atomic mass is 16.5. The number of hydrogen-bond acceptors (Lipinski definition) is 6. The van der Waals surface area contributed by atoms with Gasteiger partial charge in [-0.3, -0.25) is 9.59 Å². The number of aromatic nitrogens is 2. The molecule has 8 heteroatoms. The van der Waals surface area contributed by atoms with Crippen molar-refractivity contribution in [3.05, 3.63) is 84.2 Å². The van der Waals surface area contributed by atoms with Gasteiger partial charge in [-0.15, -0.1) is 0 Å². The Morgan fingerprint density at radius 1 is 0.579 bits per heavy atom. The molecule has 2 saturated heterocycles. The number of morpholine rings is 2. The first-order chi connectivity index (χ1) is 18.8. The van der Waals surface area contributed by atoms with E-state index in [2.05, 4.69) is 19.8 Å². The van der Waals surface area contributed by atoms with Gasteiger partial charge < -0.3 is 29.2 Å². The fourth-order valence-electron chi connectivity index (χ4n) is 4.78. The number of nitrogens with one attached hydrogen (secondary N) is 2. The van der Waals surface area contributed by atoms with Crippen molar-refractivity contribution < 1.29 is 19.1 Å². The van der Waals surface area contributed by atoms with Gasteiger partial charge in [0.1, 0.15) is 11.4 Å². The molecule has 196 valence electrons. The monoisotopic (exact) mass is 512 g/mol. The van der Waals surface area contributed by atoms with Crippen LogP contribution in [-0.4, -0.2) is 75.1 Å². The second-order valence-corrected chi connectivity index (χ2v) is 9.13. The highest BCUT2D eigenvalue weighted by Gasteiger charge is 2.19. The molecule has 2 aliphatic rings. The second kappa shape index (κ2) is 12.4. The molecule has 2 fully saturated rings. The molecule has 0 radical (unpaired) electrons. The zero-order chi connectivity index (χ0) is 26.2. The van der Waals surface area contributed by atoms with Crippen LogP contribution in [0, 0.1) is 0 Å². The van der Waals surface area contributed by atoms with E-state index < -0.39 is 0 Å². The van der Waals surface area contributed by atoms with E-state index in [0.29, 0.717) is 37.8 Å². The molecular weight excluding hydrogens is 480 g/mol. The van der Waals surface area contributed by atoms with Crippen LogP contribution in [0.3, 0.4) is 0 Å². The number of nitrogens with zero attached hydrogens (tertiary/aromatic N) is 2. The first-order valence-electron chi connectivity index (χ1n) is 12.9. The van der Waals surface area contributed by atoms with Crippen LogP contribution in [0.15, 0.2) is 72.8 Å². The smallest absolute Gasteiger partial charge is 0.168 e. The number of aldehydes is 2. The molecule has 0 saturated carbocycles. The number of ether oxygens (including phenoxy) is 2. The zero-order valence-electron chi connectivity index (χ0n) is 21.3. The molecule has 0 atom stereocenters. The van der Waals surface area contributed by atoms with Gasteiger partial charge in [-0.05, 0) is 23.3 Å². The Morgan fingerprint density at radius 3 is 1.29 bits per heavy atom. The average Bonchev–Trinajstić information content (AvgIpc) is 3.64. The molecular formula is C30H32N4O4. The summed E-state index contributed by atoms with van der Waals surface area (Å²) in [5, 5.41) is 0. The lowest BCUT2D eigenvalue weighted by atomic mass is 10.1. The molecule has 2 aromatic carbocycles. The van der Waals surface area contributed by atoms with Crippen molar-refractivity contribution in [2.45, 2.75) is 0 Å². The summed E-state index contributed by atoms with van der Waals surface area (Å²) in [5.74, 6) is 0. The first kappa shape index (κ1) is 25.5. The number of anilines is 2. The van der Waals surface area contributed by atoms with Crippen molar-refractivity contribution in [3.8, 4) is 22.5 Å². The van der Waals surface area contributed by atoms with Crippen LogP contribution in [-0.2, 0) is 9.47 Å². The number of hydrogen-bond donors (Lipinski definition) is 2. The lowest BCUT2D eigenvalue weighted by molar-refractivity contribution is 0.110. The number of carbonyl (C=O) groups excluding carboxylic acids is 2. The lowest BCUT2D eigenvalue weighted by Crippen LogP contribution is -2.36. The van der Waals surface area contributed by atoms with E-state index in [-0.39, 0.29) is 0 Å². The van der Waals surface area contributed by atoms with E-state index in [4.69, 9.17) is 9.47 Å². The number of benzene rings is 2. The normalized spacial score (nSPS) is 15.5. The minimum Gasteiger partial charge on any atom is -0.378 e. The van der Waals surface area contributed by atoms with Gasteiger partial charge in [-0.2, -0.15) is 0 Å². The van der Waals surface area contributed by atoms with Crippen LogP contribution in [0.5, 0.6) is 0 Å². The van der Waals surface area contributed by atoms with Crippen LogP contribution in [0.1, 0.15) is 21.0 Å². The van der Waals surface area contributed by atoms with E-state index in [0.717, 1.165) is 72.6 Å². The zero-order valence-corrected chi connectivity index (χ0v) is 21.3. The van der Waals surface area contributed by atoms with Gasteiger partial charge in [0.2, 0.25) is 0 Å². The van der Waals surface area contributed by atoms with Gasteiger partial charge >= 0.3 is 0 Å². The topological polar surface area (TPSA) is 90.7 Å². The Bertz CT molecular complexity index is 1220. The molecule has 8 nitrogen and oxygen atoms in total.